The topological polar surface area (TPSA) is 43.1 Å². The number of hydrogen-bond donors (Lipinski definition) is 1. The number of Topliss-reactive ketones (excluding diaryl/α,β-unsaturated/α-hetero) is 1. The van der Waals surface area contributed by atoms with Crippen LogP contribution >= 0.6 is 23.7 Å². The van der Waals surface area contributed by atoms with Crippen molar-refractivity contribution in [2.75, 3.05) is 0 Å². The van der Waals surface area contributed by atoms with Gasteiger partial charge in [-0.3, -0.25) is 4.79 Å². The summed E-state index contributed by atoms with van der Waals surface area (Å²) in [5.74, 6) is 0.159. The molecule has 1 heterocycles. The molecule has 2 N–H and O–H groups in total. The maximum atomic E-state index is 11.1. The van der Waals surface area contributed by atoms with Crippen LogP contribution < -0.4 is 5.73 Å². The first-order valence-corrected chi connectivity index (χ1v) is 5.39. The van der Waals surface area contributed by atoms with Gasteiger partial charge in [-0.2, -0.15) is 0 Å². The van der Waals surface area contributed by atoms with Gasteiger partial charge in [-0.1, -0.05) is 0 Å². The number of halogens is 1. The lowest BCUT2D eigenvalue weighted by Gasteiger charge is -2.17. The smallest absolute Gasteiger partial charge is 0.169 e. The maximum absolute atomic E-state index is 11.1. The second kappa shape index (κ2) is 4.43. The van der Waals surface area contributed by atoms with Gasteiger partial charge in [0.15, 0.2) is 5.78 Å². The molecular weight excluding hydrogens is 218 g/mol. The van der Waals surface area contributed by atoms with Gasteiger partial charge in [0, 0.05) is 10.9 Å². The van der Waals surface area contributed by atoms with Crippen LogP contribution in [0.2, 0.25) is 0 Å². The monoisotopic (exact) mass is 231 g/mol. The lowest BCUT2D eigenvalue weighted by molar-refractivity contribution is 0.102. The van der Waals surface area contributed by atoms with Crippen molar-refractivity contribution in [3.8, 4) is 0 Å². The van der Waals surface area contributed by atoms with E-state index in [1.165, 1.54) is 10.4 Å². The van der Waals surface area contributed by atoms with Gasteiger partial charge in [0.2, 0.25) is 0 Å². The summed E-state index contributed by atoms with van der Waals surface area (Å²) in [5, 5.41) is 0. The molecule has 0 spiro atoms. The molecule has 1 unspecified atom stereocenters. The van der Waals surface area contributed by atoms with Crippen molar-refractivity contribution in [3.63, 3.8) is 0 Å². The Labute approximate surface area is 93.9 Å². The lowest BCUT2D eigenvalue weighted by atomic mass is 9.94. The van der Waals surface area contributed by atoms with E-state index in [4.69, 9.17) is 5.73 Å². The Hall–Kier alpha value is -0.380. The summed E-state index contributed by atoms with van der Waals surface area (Å²) < 4.78 is 0. The van der Waals surface area contributed by atoms with Crippen LogP contribution in [0.3, 0.4) is 0 Å². The highest BCUT2D eigenvalue weighted by Crippen LogP contribution is 2.34. The van der Waals surface area contributed by atoms with E-state index in [0.29, 0.717) is 0 Å². The molecule has 2 rings (SSSR count). The Morgan fingerprint density at radius 2 is 2.36 bits per heavy atom. The van der Waals surface area contributed by atoms with Crippen molar-refractivity contribution in [1.82, 2.24) is 0 Å². The zero-order chi connectivity index (χ0) is 9.42. The van der Waals surface area contributed by atoms with Gasteiger partial charge in [0.25, 0.3) is 0 Å². The highest BCUT2D eigenvalue weighted by atomic mass is 35.5. The standard InChI is InChI=1S/C10H13NOS.ClH/c1-6(12)10-5-7-8(11)3-2-4-9(7)13-10;/h5,8H,2-4,11H2,1H3;1H. The van der Waals surface area contributed by atoms with Gasteiger partial charge < -0.3 is 5.73 Å². The van der Waals surface area contributed by atoms with Crippen molar-refractivity contribution in [2.45, 2.75) is 32.2 Å². The average molecular weight is 232 g/mol. The minimum atomic E-state index is 0. The molecule has 1 atom stereocenters. The van der Waals surface area contributed by atoms with Crippen LogP contribution in [0.25, 0.3) is 0 Å². The Morgan fingerprint density at radius 3 is 2.93 bits per heavy atom. The third kappa shape index (κ3) is 2.00. The van der Waals surface area contributed by atoms with Crippen molar-refractivity contribution in [1.29, 1.82) is 0 Å². The van der Waals surface area contributed by atoms with E-state index in [0.717, 1.165) is 24.1 Å². The van der Waals surface area contributed by atoms with Crippen LogP contribution in [-0.4, -0.2) is 5.78 Å². The first kappa shape index (κ1) is 11.7. The van der Waals surface area contributed by atoms with Crippen molar-refractivity contribution in [3.05, 3.63) is 21.4 Å². The Bertz CT molecular complexity index is 348. The number of rotatable bonds is 1. The first-order valence-electron chi connectivity index (χ1n) is 4.57. The summed E-state index contributed by atoms with van der Waals surface area (Å²) in [7, 11) is 0. The normalized spacial score (nSPS) is 19.7. The van der Waals surface area contributed by atoms with Crippen molar-refractivity contribution in [2.24, 2.45) is 5.73 Å². The predicted molar refractivity (Wildman–Crippen MR) is 61.4 cm³/mol. The molecule has 0 bridgehead atoms. The van der Waals surface area contributed by atoms with Gasteiger partial charge >= 0.3 is 0 Å². The lowest BCUT2D eigenvalue weighted by Crippen LogP contribution is -2.15. The molecule has 0 amide bonds. The number of aryl methyl sites for hydroxylation is 1. The summed E-state index contributed by atoms with van der Waals surface area (Å²) in [6.45, 7) is 1.61. The highest BCUT2D eigenvalue weighted by Gasteiger charge is 2.20. The fourth-order valence-electron chi connectivity index (χ4n) is 1.76. The van der Waals surface area contributed by atoms with Crippen LogP contribution in [0.5, 0.6) is 0 Å². The summed E-state index contributed by atoms with van der Waals surface area (Å²) >= 11 is 1.62. The third-order valence-electron chi connectivity index (χ3n) is 2.51. The summed E-state index contributed by atoms with van der Waals surface area (Å²) in [5.41, 5.74) is 7.16. The molecule has 78 valence electrons. The molecule has 1 aromatic rings. The van der Waals surface area contributed by atoms with Crippen molar-refractivity contribution < 1.29 is 4.79 Å². The van der Waals surface area contributed by atoms with E-state index in [2.05, 4.69) is 0 Å². The van der Waals surface area contributed by atoms with Crippen LogP contribution in [0, 0.1) is 0 Å². The number of fused-ring (bicyclic) bond motifs is 1. The van der Waals surface area contributed by atoms with Gasteiger partial charge in [-0.05, 0) is 37.8 Å². The largest absolute Gasteiger partial charge is 0.324 e. The third-order valence-corrected chi connectivity index (χ3v) is 3.82. The van der Waals surface area contributed by atoms with Crippen LogP contribution in [0.1, 0.15) is 45.9 Å². The Kier molecular flexibility index (Phi) is 3.70. The average Bonchev–Trinajstić information content (AvgIpc) is 2.49. The summed E-state index contributed by atoms with van der Waals surface area (Å²) in [6, 6.07) is 2.14. The number of carbonyl (C=O) groups excluding carboxylic acids is 1. The Morgan fingerprint density at radius 1 is 1.64 bits per heavy atom. The van der Waals surface area contributed by atoms with Gasteiger partial charge in [0.1, 0.15) is 0 Å². The van der Waals surface area contributed by atoms with E-state index in [1.54, 1.807) is 18.3 Å². The van der Waals surface area contributed by atoms with E-state index >= 15 is 0 Å². The first-order chi connectivity index (χ1) is 6.18. The maximum Gasteiger partial charge on any atom is 0.169 e. The molecule has 14 heavy (non-hydrogen) atoms. The molecule has 0 fully saturated rings. The fraction of sp³-hybridized carbons (Fsp3) is 0.500. The molecule has 0 aliphatic heterocycles. The summed E-state index contributed by atoms with van der Waals surface area (Å²) in [6.07, 6.45) is 3.31. The van der Waals surface area contributed by atoms with Crippen LogP contribution in [-0.2, 0) is 6.42 Å². The predicted octanol–water partition coefficient (Wildman–Crippen LogP) is 2.71. The molecular formula is C10H14ClNOS. The van der Waals surface area contributed by atoms with Gasteiger partial charge in [-0.15, -0.1) is 23.7 Å². The zero-order valence-corrected chi connectivity index (χ0v) is 9.71. The van der Waals surface area contributed by atoms with E-state index in [9.17, 15) is 4.79 Å². The van der Waals surface area contributed by atoms with E-state index in [-0.39, 0.29) is 24.2 Å². The van der Waals surface area contributed by atoms with Crippen LogP contribution in [0.15, 0.2) is 6.07 Å². The number of ketones is 1. The SMILES string of the molecule is CC(=O)c1cc2c(s1)CCCC2N.Cl. The van der Waals surface area contributed by atoms with Crippen molar-refractivity contribution >= 4 is 29.5 Å². The number of nitrogens with two attached hydrogens (primary N) is 1. The van der Waals surface area contributed by atoms with E-state index in [1.807, 2.05) is 6.07 Å². The molecule has 1 aromatic heterocycles. The molecule has 0 saturated heterocycles. The molecule has 1 aliphatic carbocycles. The number of thiophene rings is 1. The molecule has 1 aliphatic rings. The second-order valence-electron chi connectivity index (χ2n) is 3.54. The van der Waals surface area contributed by atoms with Gasteiger partial charge in [-0.25, -0.2) is 0 Å². The second-order valence-corrected chi connectivity index (χ2v) is 4.68. The molecule has 0 saturated carbocycles. The number of hydrogen-bond acceptors (Lipinski definition) is 3. The number of carbonyl (C=O) groups is 1. The molecule has 2 nitrogen and oxygen atoms in total. The minimum absolute atomic E-state index is 0. The van der Waals surface area contributed by atoms with Gasteiger partial charge in [0.05, 0.1) is 4.88 Å². The van der Waals surface area contributed by atoms with Crippen LogP contribution in [0.4, 0.5) is 0 Å². The molecule has 4 heteroatoms. The fourth-order valence-corrected chi connectivity index (χ4v) is 2.93. The minimum Gasteiger partial charge on any atom is -0.324 e. The summed E-state index contributed by atoms with van der Waals surface area (Å²) in [4.78, 5) is 13.3. The molecule has 0 radical (unpaired) electrons. The van der Waals surface area contributed by atoms with E-state index < -0.39 is 0 Å². The zero-order valence-electron chi connectivity index (χ0n) is 8.08. The highest BCUT2D eigenvalue weighted by molar-refractivity contribution is 7.14. The Balaban J connectivity index is 0.000000980. The quantitative estimate of drug-likeness (QED) is 0.756. The molecule has 0 aromatic carbocycles.